The van der Waals surface area contributed by atoms with Gasteiger partial charge in [0.2, 0.25) is 17.7 Å². The van der Waals surface area contributed by atoms with Crippen LogP contribution >= 0.6 is 0 Å². The molecule has 0 aromatic heterocycles. The van der Waals surface area contributed by atoms with Crippen LogP contribution in [0.1, 0.15) is 66.2 Å². The molecule has 1 unspecified atom stereocenters. The first-order chi connectivity index (χ1) is 17.5. The Bertz CT molecular complexity index is 933. The Morgan fingerprint density at radius 3 is 2.05 bits per heavy atom. The van der Waals surface area contributed by atoms with Crippen molar-refractivity contribution < 1.29 is 31.8 Å². The lowest BCUT2D eigenvalue weighted by atomic mass is 9.71. The van der Waals surface area contributed by atoms with Crippen LogP contribution in [-0.2, 0) is 24.5 Å². The van der Waals surface area contributed by atoms with Crippen molar-refractivity contribution in [3.8, 4) is 0 Å². The van der Waals surface area contributed by atoms with E-state index in [0.29, 0.717) is 56.5 Å². The van der Waals surface area contributed by atoms with E-state index in [4.69, 9.17) is 10.1 Å². The van der Waals surface area contributed by atoms with Crippen LogP contribution in [0.4, 0.5) is 0 Å². The van der Waals surface area contributed by atoms with E-state index in [1.807, 2.05) is 41.8 Å². The number of rotatable bonds is 20. The molecule has 0 aliphatic rings. The molecule has 0 aliphatic carbocycles. The number of likely N-dealkylation sites (N-methyl/N-ethyl adjacent to an activating group) is 1. The van der Waals surface area contributed by atoms with Crippen molar-refractivity contribution in [2.24, 2.45) is 15.9 Å². The second-order valence-electron chi connectivity index (χ2n) is 11.3. The van der Waals surface area contributed by atoms with E-state index < -0.39 is 20.9 Å². The first-order valence-corrected chi connectivity index (χ1v) is 14.7. The number of carbonyl (C=O) groups is 3. The molecule has 0 radical (unpaired) electrons. The van der Waals surface area contributed by atoms with E-state index in [0.717, 1.165) is 19.3 Å². The molecule has 0 aromatic rings. The molecular weight excluding hydrogens is 514 g/mol. The van der Waals surface area contributed by atoms with Crippen molar-refractivity contribution in [1.82, 2.24) is 16.0 Å². The molecule has 0 saturated carbocycles. The molecule has 0 bridgehead atoms. The fraction of sp³-hybridized carbons (Fsp3) is 0.875. The summed E-state index contributed by atoms with van der Waals surface area (Å²) in [5.41, 5.74) is 6.70. The van der Waals surface area contributed by atoms with Crippen molar-refractivity contribution in [2.75, 3.05) is 59.1 Å². The SMILES string of the molecule is CCC(C)(CC(C)(C)C(=O)NCCCCCNC(=O)CN=[N+]=[N-])C(=O)NCC[N+](C)(C)CCCS(=O)(=O)O. The van der Waals surface area contributed by atoms with Crippen molar-refractivity contribution in [3.05, 3.63) is 10.4 Å². The minimum atomic E-state index is -3.98. The Hall–Kier alpha value is -2.41. The smallest absolute Gasteiger partial charge is 0.265 e. The van der Waals surface area contributed by atoms with Crippen LogP contribution in [-0.4, -0.2) is 94.3 Å². The highest BCUT2D eigenvalue weighted by Crippen LogP contribution is 2.37. The Morgan fingerprint density at radius 1 is 0.921 bits per heavy atom. The summed E-state index contributed by atoms with van der Waals surface area (Å²) in [7, 11) is -0.112. The van der Waals surface area contributed by atoms with Crippen molar-refractivity contribution in [3.63, 3.8) is 0 Å². The molecule has 0 heterocycles. The highest BCUT2D eigenvalue weighted by atomic mass is 32.2. The molecule has 0 aliphatic heterocycles. The topological polar surface area (TPSA) is 190 Å². The third-order valence-electron chi connectivity index (χ3n) is 6.68. The van der Waals surface area contributed by atoms with Gasteiger partial charge in [0.15, 0.2) is 0 Å². The molecule has 14 heteroatoms. The number of unbranched alkanes of at least 4 members (excludes halogenated alkanes) is 2. The zero-order valence-corrected chi connectivity index (χ0v) is 24.7. The molecule has 3 amide bonds. The fourth-order valence-corrected chi connectivity index (χ4v) is 4.64. The summed E-state index contributed by atoms with van der Waals surface area (Å²) >= 11 is 0. The molecule has 0 aromatic carbocycles. The zero-order chi connectivity index (χ0) is 29.5. The first kappa shape index (κ1) is 35.6. The maximum Gasteiger partial charge on any atom is 0.265 e. The normalized spacial score (nSPS) is 13.7. The summed E-state index contributed by atoms with van der Waals surface area (Å²) in [4.78, 5) is 39.8. The molecule has 1 atom stereocenters. The van der Waals surface area contributed by atoms with Gasteiger partial charge in [0.1, 0.15) is 6.54 Å². The molecule has 13 nitrogen and oxygen atoms in total. The lowest BCUT2D eigenvalue weighted by molar-refractivity contribution is -0.889. The minimum absolute atomic E-state index is 0.121. The number of amides is 3. The van der Waals surface area contributed by atoms with E-state index >= 15 is 0 Å². The highest BCUT2D eigenvalue weighted by Gasteiger charge is 2.40. The maximum absolute atomic E-state index is 13.1. The van der Waals surface area contributed by atoms with Crippen molar-refractivity contribution in [1.29, 1.82) is 0 Å². The van der Waals surface area contributed by atoms with Gasteiger partial charge in [0.25, 0.3) is 10.1 Å². The highest BCUT2D eigenvalue weighted by molar-refractivity contribution is 7.85. The van der Waals surface area contributed by atoms with Crippen molar-refractivity contribution >= 4 is 27.8 Å². The molecule has 220 valence electrons. The predicted octanol–water partition coefficient (Wildman–Crippen LogP) is 2.00. The van der Waals surface area contributed by atoms with E-state index in [1.165, 1.54) is 0 Å². The maximum atomic E-state index is 13.1. The zero-order valence-electron chi connectivity index (χ0n) is 23.9. The predicted molar refractivity (Wildman–Crippen MR) is 147 cm³/mol. The molecular formula is C24H48N7O6S+. The molecule has 0 spiro atoms. The molecule has 4 N–H and O–H groups in total. The van der Waals surface area contributed by atoms with Gasteiger partial charge in [-0.1, -0.05) is 32.8 Å². The quantitative estimate of drug-likeness (QED) is 0.0438. The number of nitrogens with zero attached hydrogens (tertiary/aromatic N) is 4. The number of azide groups is 1. The number of carbonyl (C=O) groups excluding carboxylic acids is 3. The van der Waals surface area contributed by atoms with E-state index in [1.54, 1.807) is 0 Å². The average molecular weight is 563 g/mol. The molecule has 0 rings (SSSR count). The second kappa shape index (κ2) is 16.5. The molecule has 0 saturated heterocycles. The molecule has 0 fully saturated rings. The summed E-state index contributed by atoms with van der Waals surface area (Å²) in [6.07, 6.45) is 3.56. The van der Waals surface area contributed by atoms with Gasteiger partial charge < -0.3 is 20.4 Å². The lowest BCUT2D eigenvalue weighted by Crippen LogP contribution is -2.50. The van der Waals surface area contributed by atoms with Crippen LogP contribution in [0.15, 0.2) is 5.11 Å². The van der Waals surface area contributed by atoms with Crippen LogP contribution in [0.3, 0.4) is 0 Å². The fourth-order valence-electron chi connectivity index (χ4n) is 4.14. The van der Waals surface area contributed by atoms with Crippen LogP contribution in [0.5, 0.6) is 0 Å². The summed E-state index contributed by atoms with van der Waals surface area (Å²) in [5.74, 6) is -0.852. The van der Waals surface area contributed by atoms with Gasteiger partial charge in [-0.15, -0.1) is 0 Å². The summed E-state index contributed by atoms with van der Waals surface area (Å²) in [6.45, 7) is 9.75. The first-order valence-electron chi connectivity index (χ1n) is 13.1. The summed E-state index contributed by atoms with van der Waals surface area (Å²) in [6, 6.07) is 0. The van der Waals surface area contributed by atoms with Crippen LogP contribution in [0.25, 0.3) is 10.4 Å². The van der Waals surface area contributed by atoms with Gasteiger partial charge in [0.05, 0.1) is 39.5 Å². The van der Waals surface area contributed by atoms with E-state index in [-0.39, 0.29) is 30.0 Å². The van der Waals surface area contributed by atoms with E-state index in [2.05, 4.69) is 26.0 Å². The van der Waals surface area contributed by atoms with Gasteiger partial charge in [-0.2, -0.15) is 8.42 Å². The van der Waals surface area contributed by atoms with E-state index in [9.17, 15) is 22.8 Å². The van der Waals surface area contributed by atoms with Crippen molar-refractivity contribution in [2.45, 2.75) is 66.2 Å². The largest absolute Gasteiger partial charge is 0.356 e. The minimum Gasteiger partial charge on any atom is -0.356 e. The molecule has 38 heavy (non-hydrogen) atoms. The monoisotopic (exact) mass is 562 g/mol. The number of nitrogens with one attached hydrogen (secondary N) is 3. The Balaban J connectivity index is 4.55. The summed E-state index contributed by atoms with van der Waals surface area (Å²) in [5, 5.41) is 11.8. The average Bonchev–Trinajstić information content (AvgIpc) is 2.80. The number of hydrogen-bond donors (Lipinski definition) is 4. The van der Waals surface area contributed by atoms with Gasteiger partial charge in [0, 0.05) is 35.3 Å². The van der Waals surface area contributed by atoms with Gasteiger partial charge in [-0.25, -0.2) is 0 Å². The van der Waals surface area contributed by atoms with Gasteiger partial charge in [-0.3, -0.25) is 18.9 Å². The Kier molecular flexibility index (Phi) is 15.5. The standard InChI is InChI=1S/C24H47N7O6S/c1-7-24(4,22(34)28-14-16-31(5,6)15-11-17-38(35,36)37)19-23(2,3)21(33)27-13-10-8-9-12-26-20(32)18-29-30-25/h7-19H2,1-6H3,(H3-,26,27,28,32,33,34,35,36,37)/p+1. The Labute approximate surface area is 227 Å². The second-order valence-corrected chi connectivity index (χ2v) is 12.9. The van der Waals surface area contributed by atoms with Gasteiger partial charge >= 0.3 is 0 Å². The van der Waals surface area contributed by atoms with Gasteiger partial charge in [-0.05, 0) is 37.6 Å². The number of hydrogen-bond acceptors (Lipinski definition) is 6. The lowest BCUT2D eigenvalue weighted by Gasteiger charge is -2.35. The van der Waals surface area contributed by atoms with Crippen LogP contribution < -0.4 is 16.0 Å². The third-order valence-corrected chi connectivity index (χ3v) is 7.49. The van der Waals surface area contributed by atoms with Crippen LogP contribution in [0.2, 0.25) is 0 Å². The Morgan fingerprint density at radius 2 is 1.50 bits per heavy atom. The number of quaternary nitrogens is 1. The summed E-state index contributed by atoms with van der Waals surface area (Å²) < 4.78 is 31.2. The third kappa shape index (κ3) is 15.8. The van der Waals surface area contributed by atoms with Crippen LogP contribution in [0, 0.1) is 10.8 Å².